The zero-order valence-corrected chi connectivity index (χ0v) is 19.1. The molecule has 4 bridgehead atoms. The number of carbonyl (C=O) groups excluding carboxylic acids is 1. The van der Waals surface area contributed by atoms with E-state index >= 15 is 0 Å². The van der Waals surface area contributed by atoms with Crippen molar-refractivity contribution in [2.75, 3.05) is 20.3 Å². The number of hydrogen-bond acceptors (Lipinski definition) is 2. The molecule has 0 aliphatic heterocycles. The van der Waals surface area contributed by atoms with Gasteiger partial charge < -0.3 is 14.2 Å². The van der Waals surface area contributed by atoms with E-state index in [1.807, 2.05) is 0 Å². The SMILES string of the molecule is COCCN(Cc1cccn1Cc1ccc(C)cc1)C(=O)C12CC3CC(CC(C3)C1)C2. The van der Waals surface area contributed by atoms with E-state index in [9.17, 15) is 4.79 Å². The van der Waals surface area contributed by atoms with Gasteiger partial charge >= 0.3 is 0 Å². The van der Waals surface area contributed by atoms with Crippen LogP contribution in [0, 0.1) is 30.1 Å². The minimum atomic E-state index is -0.100. The molecule has 4 saturated carbocycles. The van der Waals surface area contributed by atoms with E-state index in [0.717, 1.165) is 43.6 Å². The standard InChI is InChI=1S/C27H36N2O2/c1-20-5-7-21(8-6-20)18-28-9-3-4-25(28)19-29(10-11-31-2)26(30)27-15-22-12-23(16-27)14-24(13-22)17-27/h3-9,22-24H,10-19H2,1-2H3. The Labute approximate surface area is 186 Å². The highest BCUT2D eigenvalue weighted by molar-refractivity contribution is 5.83. The van der Waals surface area contributed by atoms with Crippen molar-refractivity contribution in [1.82, 2.24) is 9.47 Å². The highest BCUT2D eigenvalue weighted by Gasteiger charge is 2.55. The Morgan fingerprint density at radius 3 is 2.32 bits per heavy atom. The number of carbonyl (C=O) groups is 1. The van der Waals surface area contributed by atoms with Gasteiger partial charge in [-0.15, -0.1) is 0 Å². The van der Waals surface area contributed by atoms with Crippen LogP contribution >= 0.6 is 0 Å². The quantitative estimate of drug-likeness (QED) is 0.600. The van der Waals surface area contributed by atoms with E-state index in [-0.39, 0.29) is 5.41 Å². The lowest BCUT2D eigenvalue weighted by molar-refractivity contribution is -0.159. The maximum Gasteiger partial charge on any atom is 0.229 e. The average Bonchev–Trinajstić information content (AvgIpc) is 3.18. The van der Waals surface area contributed by atoms with Crippen molar-refractivity contribution < 1.29 is 9.53 Å². The van der Waals surface area contributed by atoms with E-state index in [1.165, 1.54) is 36.1 Å². The predicted octanol–water partition coefficient (Wildman–Crippen LogP) is 5.04. The maximum absolute atomic E-state index is 14.0. The molecule has 2 aromatic rings. The third-order valence-corrected chi connectivity index (χ3v) is 8.09. The van der Waals surface area contributed by atoms with Gasteiger partial charge in [-0.3, -0.25) is 4.79 Å². The lowest BCUT2D eigenvalue weighted by atomic mass is 9.49. The summed E-state index contributed by atoms with van der Waals surface area (Å²) in [5, 5.41) is 0. The second-order valence-corrected chi connectivity index (χ2v) is 10.5. The van der Waals surface area contributed by atoms with Crippen molar-refractivity contribution in [3.05, 3.63) is 59.4 Å². The summed E-state index contributed by atoms with van der Waals surface area (Å²) in [6, 6.07) is 13.0. The van der Waals surface area contributed by atoms with Crippen LogP contribution in [-0.4, -0.2) is 35.6 Å². The summed E-state index contributed by atoms with van der Waals surface area (Å²) in [4.78, 5) is 16.1. The summed E-state index contributed by atoms with van der Waals surface area (Å²) in [5.74, 6) is 2.74. The number of hydrogen-bond donors (Lipinski definition) is 0. The summed E-state index contributed by atoms with van der Waals surface area (Å²) < 4.78 is 7.69. The van der Waals surface area contributed by atoms with Crippen LogP contribution < -0.4 is 0 Å². The van der Waals surface area contributed by atoms with E-state index in [2.05, 4.69) is 59.0 Å². The van der Waals surface area contributed by atoms with Gasteiger partial charge in [-0.25, -0.2) is 0 Å². The Morgan fingerprint density at radius 1 is 1.06 bits per heavy atom. The summed E-state index contributed by atoms with van der Waals surface area (Å²) >= 11 is 0. The van der Waals surface area contributed by atoms with Gasteiger partial charge in [0.25, 0.3) is 0 Å². The molecule has 1 amide bonds. The Kier molecular flexibility index (Phi) is 5.68. The van der Waals surface area contributed by atoms with Crippen LogP contribution in [0.2, 0.25) is 0 Å². The first-order valence-electron chi connectivity index (χ1n) is 12.0. The molecule has 4 aliphatic rings. The van der Waals surface area contributed by atoms with Gasteiger partial charge in [0.1, 0.15) is 0 Å². The highest BCUT2D eigenvalue weighted by atomic mass is 16.5. The van der Waals surface area contributed by atoms with E-state index in [1.54, 1.807) is 7.11 Å². The first-order valence-corrected chi connectivity index (χ1v) is 12.0. The molecule has 1 heterocycles. The number of methoxy groups -OCH3 is 1. The molecule has 0 radical (unpaired) electrons. The van der Waals surface area contributed by atoms with Gasteiger partial charge in [0.2, 0.25) is 5.91 Å². The van der Waals surface area contributed by atoms with E-state index in [0.29, 0.717) is 25.6 Å². The summed E-state index contributed by atoms with van der Waals surface area (Å²) in [7, 11) is 1.73. The zero-order valence-electron chi connectivity index (χ0n) is 19.1. The van der Waals surface area contributed by atoms with Crippen molar-refractivity contribution in [2.24, 2.45) is 23.2 Å². The third-order valence-electron chi connectivity index (χ3n) is 8.09. The molecule has 4 nitrogen and oxygen atoms in total. The van der Waals surface area contributed by atoms with Crippen LogP contribution in [0.15, 0.2) is 42.6 Å². The summed E-state index contributed by atoms with van der Waals surface area (Å²) in [5.41, 5.74) is 3.67. The lowest BCUT2D eigenvalue weighted by Gasteiger charge is -2.56. The fraction of sp³-hybridized carbons (Fsp3) is 0.593. The minimum Gasteiger partial charge on any atom is -0.383 e. The summed E-state index contributed by atoms with van der Waals surface area (Å²) in [6.07, 6.45) is 9.58. The molecule has 0 saturated heterocycles. The number of nitrogens with zero attached hydrogens (tertiary/aromatic N) is 2. The first kappa shape index (κ1) is 20.8. The largest absolute Gasteiger partial charge is 0.383 e. The van der Waals surface area contributed by atoms with Crippen LogP contribution in [-0.2, 0) is 22.6 Å². The van der Waals surface area contributed by atoms with Gasteiger partial charge in [-0.05, 0) is 80.9 Å². The first-order chi connectivity index (χ1) is 15.0. The van der Waals surface area contributed by atoms with Crippen molar-refractivity contribution in [1.29, 1.82) is 0 Å². The molecule has 0 atom stereocenters. The zero-order chi connectivity index (χ0) is 21.4. The molecule has 4 heteroatoms. The van der Waals surface area contributed by atoms with Gasteiger partial charge in [0, 0.05) is 32.1 Å². The molecule has 1 aromatic heterocycles. The smallest absolute Gasteiger partial charge is 0.229 e. The Hall–Kier alpha value is -2.07. The monoisotopic (exact) mass is 420 g/mol. The molecule has 0 N–H and O–H groups in total. The lowest BCUT2D eigenvalue weighted by Crippen LogP contribution is -2.54. The average molecular weight is 421 g/mol. The molecule has 0 unspecified atom stereocenters. The highest BCUT2D eigenvalue weighted by Crippen LogP contribution is 2.60. The number of rotatable bonds is 8. The van der Waals surface area contributed by atoms with Gasteiger partial charge in [-0.2, -0.15) is 0 Å². The van der Waals surface area contributed by atoms with Crippen LogP contribution in [0.4, 0.5) is 0 Å². The van der Waals surface area contributed by atoms with E-state index in [4.69, 9.17) is 4.74 Å². The Morgan fingerprint density at radius 2 is 1.71 bits per heavy atom. The Bertz CT molecular complexity index is 878. The fourth-order valence-electron chi connectivity index (χ4n) is 6.99. The molecule has 1 aromatic carbocycles. The normalized spacial score (nSPS) is 28.8. The number of aryl methyl sites for hydroxylation is 1. The number of ether oxygens (including phenoxy) is 1. The molecule has 6 rings (SSSR count). The topological polar surface area (TPSA) is 34.5 Å². The number of amides is 1. The summed E-state index contributed by atoms with van der Waals surface area (Å²) in [6.45, 7) is 4.90. The Balaban J connectivity index is 1.35. The van der Waals surface area contributed by atoms with Crippen LogP contribution in [0.1, 0.15) is 55.3 Å². The van der Waals surface area contributed by atoms with Gasteiger partial charge in [-0.1, -0.05) is 29.8 Å². The third kappa shape index (κ3) is 4.19. The van der Waals surface area contributed by atoms with Gasteiger partial charge in [0.05, 0.1) is 18.6 Å². The molecule has 31 heavy (non-hydrogen) atoms. The molecule has 0 spiro atoms. The van der Waals surface area contributed by atoms with Crippen LogP contribution in [0.25, 0.3) is 0 Å². The van der Waals surface area contributed by atoms with Crippen molar-refractivity contribution >= 4 is 5.91 Å². The molecule has 4 fully saturated rings. The van der Waals surface area contributed by atoms with Gasteiger partial charge in [0.15, 0.2) is 0 Å². The van der Waals surface area contributed by atoms with Crippen molar-refractivity contribution in [2.45, 2.75) is 58.5 Å². The number of benzene rings is 1. The van der Waals surface area contributed by atoms with Crippen molar-refractivity contribution in [3.63, 3.8) is 0 Å². The second kappa shape index (κ2) is 8.46. The van der Waals surface area contributed by atoms with Crippen LogP contribution in [0.3, 0.4) is 0 Å². The number of aromatic nitrogens is 1. The fourth-order valence-corrected chi connectivity index (χ4v) is 6.99. The molecule has 166 valence electrons. The second-order valence-electron chi connectivity index (χ2n) is 10.5. The van der Waals surface area contributed by atoms with Crippen LogP contribution in [0.5, 0.6) is 0 Å². The molecular weight excluding hydrogens is 384 g/mol. The predicted molar refractivity (Wildman–Crippen MR) is 123 cm³/mol. The van der Waals surface area contributed by atoms with Crippen molar-refractivity contribution in [3.8, 4) is 0 Å². The molecular formula is C27H36N2O2. The minimum absolute atomic E-state index is 0.100. The van der Waals surface area contributed by atoms with E-state index < -0.39 is 0 Å². The molecule has 4 aliphatic carbocycles. The maximum atomic E-state index is 14.0.